The smallest absolute Gasteiger partial charge is 0.126 e. The maximum Gasteiger partial charge on any atom is 0.126 e. The Morgan fingerprint density at radius 1 is 1.31 bits per heavy atom. The minimum atomic E-state index is -0.183. The Morgan fingerprint density at radius 3 is 2.81 bits per heavy atom. The van der Waals surface area contributed by atoms with E-state index < -0.39 is 0 Å². The fraction of sp³-hybridized carbons (Fsp3) is 0.250. The minimum absolute atomic E-state index is 0.0805. The molecule has 16 heavy (non-hydrogen) atoms. The first kappa shape index (κ1) is 11.2. The molecule has 0 saturated heterocycles. The molecule has 2 aromatic rings. The van der Waals surface area contributed by atoms with Crippen molar-refractivity contribution in [2.75, 3.05) is 0 Å². The standard InChI is InChI=1S/C12H13FN2S/c13-11-4-2-1-3-9(11)7-10(14)8-12-15-5-6-16-12/h1-6,10H,7-8,14H2. The number of aromatic nitrogens is 1. The van der Waals surface area contributed by atoms with Gasteiger partial charge in [-0.05, 0) is 18.1 Å². The Bertz CT molecular complexity index is 442. The first-order chi connectivity index (χ1) is 7.75. The molecule has 0 bridgehead atoms. The van der Waals surface area contributed by atoms with E-state index in [2.05, 4.69) is 4.98 Å². The Kier molecular flexibility index (Phi) is 3.64. The zero-order chi connectivity index (χ0) is 11.4. The van der Waals surface area contributed by atoms with E-state index in [-0.39, 0.29) is 11.9 Å². The van der Waals surface area contributed by atoms with Crippen molar-refractivity contribution in [3.05, 3.63) is 52.2 Å². The van der Waals surface area contributed by atoms with Crippen molar-refractivity contribution in [3.63, 3.8) is 0 Å². The normalized spacial score (nSPS) is 12.6. The third-order valence-corrected chi connectivity index (χ3v) is 3.16. The number of nitrogens with zero attached hydrogens (tertiary/aromatic N) is 1. The lowest BCUT2D eigenvalue weighted by molar-refractivity contribution is 0.583. The number of halogens is 1. The molecule has 0 aliphatic heterocycles. The molecule has 1 unspecified atom stereocenters. The van der Waals surface area contributed by atoms with Gasteiger partial charge in [-0.1, -0.05) is 18.2 Å². The SMILES string of the molecule is NC(Cc1nccs1)Cc1ccccc1F. The molecule has 0 saturated carbocycles. The van der Waals surface area contributed by atoms with Crippen LogP contribution in [0.3, 0.4) is 0 Å². The largest absolute Gasteiger partial charge is 0.327 e. The van der Waals surface area contributed by atoms with Crippen LogP contribution in [0.15, 0.2) is 35.8 Å². The second kappa shape index (κ2) is 5.18. The summed E-state index contributed by atoms with van der Waals surface area (Å²) >= 11 is 1.58. The van der Waals surface area contributed by atoms with Crippen molar-refractivity contribution in [1.29, 1.82) is 0 Å². The van der Waals surface area contributed by atoms with Crippen molar-refractivity contribution < 1.29 is 4.39 Å². The molecule has 84 valence electrons. The van der Waals surface area contributed by atoms with Gasteiger partial charge in [0.15, 0.2) is 0 Å². The Morgan fingerprint density at radius 2 is 2.12 bits per heavy atom. The van der Waals surface area contributed by atoms with Crippen LogP contribution in [-0.2, 0) is 12.8 Å². The lowest BCUT2D eigenvalue weighted by Crippen LogP contribution is -2.25. The number of hydrogen-bond acceptors (Lipinski definition) is 3. The highest BCUT2D eigenvalue weighted by atomic mass is 32.1. The van der Waals surface area contributed by atoms with Gasteiger partial charge in [-0.2, -0.15) is 0 Å². The first-order valence-corrected chi connectivity index (χ1v) is 6.01. The third kappa shape index (κ3) is 2.87. The molecule has 1 aromatic carbocycles. The van der Waals surface area contributed by atoms with Gasteiger partial charge in [0.1, 0.15) is 5.82 Å². The molecule has 0 amide bonds. The molecular weight excluding hydrogens is 223 g/mol. The predicted octanol–water partition coefficient (Wildman–Crippen LogP) is 2.39. The predicted molar refractivity (Wildman–Crippen MR) is 63.9 cm³/mol. The fourth-order valence-electron chi connectivity index (χ4n) is 1.60. The molecule has 2 nitrogen and oxygen atoms in total. The van der Waals surface area contributed by atoms with Crippen LogP contribution in [0.25, 0.3) is 0 Å². The number of nitrogens with two attached hydrogens (primary N) is 1. The van der Waals surface area contributed by atoms with E-state index in [0.29, 0.717) is 18.4 Å². The molecule has 1 aromatic heterocycles. The Balaban J connectivity index is 1.97. The van der Waals surface area contributed by atoms with Crippen LogP contribution in [0.1, 0.15) is 10.6 Å². The van der Waals surface area contributed by atoms with Gasteiger partial charge in [-0.15, -0.1) is 11.3 Å². The molecule has 0 spiro atoms. The molecule has 0 aliphatic carbocycles. The molecular formula is C12H13FN2S. The van der Waals surface area contributed by atoms with Crippen LogP contribution in [0.5, 0.6) is 0 Å². The van der Waals surface area contributed by atoms with E-state index in [1.165, 1.54) is 6.07 Å². The maximum absolute atomic E-state index is 13.4. The lowest BCUT2D eigenvalue weighted by atomic mass is 10.0. The van der Waals surface area contributed by atoms with E-state index in [0.717, 1.165) is 5.01 Å². The van der Waals surface area contributed by atoms with E-state index in [1.54, 1.807) is 29.7 Å². The van der Waals surface area contributed by atoms with Gasteiger partial charge in [0, 0.05) is 24.0 Å². The summed E-state index contributed by atoms with van der Waals surface area (Å²) in [5.41, 5.74) is 6.64. The summed E-state index contributed by atoms with van der Waals surface area (Å²) in [4.78, 5) is 4.17. The van der Waals surface area contributed by atoms with Gasteiger partial charge in [-0.3, -0.25) is 0 Å². The molecule has 0 aliphatic rings. The monoisotopic (exact) mass is 236 g/mol. The van der Waals surface area contributed by atoms with Crippen molar-refractivity contribution in [2.24, 2.45) is 5.73 Å². The number of hydrogen-bond donors (Lipinski definition) is 1. The highest BCUT2D eigenvalue weighted by Crippen LogP contribution is 2.12. The van der Waals surface area contributed by atoms with Gasteiger partial charge < -0.3 is 5.73 Å². The second-order valence-electron chi connectivity index (χ2n) is 3.69. The van der Waals surface area contributed by atoms with Gasteiger partial charge >= 0.3 is 0 Å². The Hall–Kier alpha value is -1.26. The highest BCUT2D eigenvalue weighted by Gasteiger charge is 2.09. The van der Waals surface area contributed by atoms with Crippen LogP contribution in [0.2, 0.25) is 0 Å². The van der Waals surface area contributed by atoms with Gasteiger partial charge in [0.25, 0.3) is 0 Å². The lowest BCUT2D eigenvalue weighted by Gasteiger charge is -2.10. The second-order valence-corrected chi connectivity index (χ2v) is 4.66. The van der Waals surface area contributed by atoms with Crippen LogP contribution in [0.4, 0.5) is 4.39 Å². The summed E-state index contributed by atoms with van der Waals surface area (Å²) in [5, 5.41) is 2.93. The van der Waals surface area contributed by atoms with Crippen molar-refractivity contribution >= 4 is 11.3 Å². The maximum atomic E-state index is 13.4. The number of benzene rings is 1. The molecule has 4 heteroatoms. The minimum Gasteiger partial charge on any atom is -0.327 e. The van der Waals surface area contributed by atoms with Crippen LogP contribution < -0.4 is 5.73 Å². The van der Waals surface area contributed by atoms with Gasteiger partial charge in [-0.25, -0.2) is 9.37 Å². The topological polar surface area (TPSA) is 38.9 Å². The van der Waals surface area contributed by atoms with Gasteiger partial charge in [0.2, 0.25) is 0 Å². The van der Waals surface area contributed by atoms with Crippen LogP contribution >= 0.6 is 11.3 Å². The van der Waals surface area contributed by atoms with Crippen molar-refractivity contribution in [3.8, 4) is 0 Å². The van der Waals surface area contributed by atoms with E-state index in [4.69, 9.17) is 5.73 Å². The summed E-state index contributed by atoms with van der Waals surface area (Å²) in [6.07, 6.45) is 3.01. The quantitative estimate of drug-likeness (QED) is 0.885. The summed E-state index contributed by atoms with van der Waals surface area (Å²) in [7, 11) is 0. The average Bonchev–Trinajstić information content (AvgIpc) is 2.74. The first-order valence-electron chi connectivity index (χ1n) is 5.13. The molecule has 2 N–H and O–H groups in total. The van der Waals surface area contributed by atoms with E-state index in [1.807, 2.05) is 11.4 Å². The summed E-state index contributed by atoms with van der Waals surface area (Å²) in [5.74, 6) is -0.183. The summed E-state index contributed by atoms with van der Waals surface area (Å²) in [6, 6.07) is 6.67. The van der Waals surface area contributed by atoms with Crippen LogP contribution in [-0.4, -0.2) is 11.0 Å². The fourth-order valence-corrected chi connectivity index (χ4v) is 2.31. The number of rotatable bonds is 4. The number of thiazole rings is 1. The van der Waals surface area contributed by atoms with E-state index >= 15 is 0 Å². The average molecular weight is 236 g/mol. The van der Waals surface area contributed by atoms with Gasteiger partial charge in [0.05, 0.1) is 5.01 Å². The van der Waals surface area contributed by atoms with Crippen LogP contribution in [0, 0.1) is 5.82 Å². The molecule has 0 radical (unpaired) electrons. The Labute approximate surface area is 97.9 Å². The molecule has 0 fully saturated rings. The molecule has 1 heterocycles. The molecule has 1 atom stereocenters. The molecule has 2 rings (SSSR count). The zero-order valence-electron chi connectivity index (χ0n) is 8.77. The summed E-state index contributed by atoms with van der Waals surface area (Å²) in [6.45, 7) is 0. The van der Waals surface area contributed by atoms with Crippen molar-refractivity contribution in [2.45, 2.75) is 18.9 Å². The third-order valence-electron chi connectivity index (χ3n) is 2.36. The van der Waals surface area contributed by atoms with E-state index in [9.17, 15) is 4.39 Å². The summed E-state index contributed by atoms with van der Waals surface area (Å²) < 4.78 is 13.4. The van der Waals surface area contributed by atoms with Crippen molar-refractivity contribution in [1.82, 2.24) is 4.98 Å². The highest BCUT2D eigenvalue weighted by molar-refractivity contribution is 7.09. The zero-order valence-corrected chi connectivity index (χ0v) is 9.58.